The Labute approximate surface area is 208 Å². The summed E-state index contributed by atoms with van der Waals surface area (Å²) in [4.78, 5) is 27.9. The molecule has 0 saturated heterocycles. The first kappa shape index (κ1) is 25.5. The van der Waals surface area contributed by atoms with E-state index >= 15 is 0 Å². The molecule has 34 heavy (non-hydrogen) atoms. The van der Waals surface area contributed by atoms with Crippen LogP contribution in [0, 0.1) is 5.82 Å². The SMILES string of the molecule is CCNC(=O)[C@@H](Cc1ccccc1)N(Cc1ccc(F)cc1)C(=O)COc1ccc(Cl)cc1Cl. The number of ether oxygens (including phenoxy) is 1. The molecule has 0 saturated carbocycles. The fourth-order valence-corrected chi connectivity index (χ4v) is 3.91. The van der Waals surface area contributed by atoms with Crippen LogP contribution in [0.15, 0.2) is 72.8 Å². The fourth-order valence-electron chi connectivity index (χ4n) is 3.45. The monoisotopic (exact) mass is 502 g/mol. The quantitative estimate of drug-likeness (QED) is 0.409. The van der Waals surface area contributed by atoms with E-state index in [1.807, 2.05) is 37.3 Å². The van der Waals surface area contributed by atoms with Gasteiger partial charge in [-0.25, -0.2) is 4.39 Å². The highest BCUT2D eigenvalue weighted by atomic mass is 35.5. The van der Waals surface area contributed by atoms with Gasteiger partial charge in [0.25, 0.3) is 5.91 Å². The molecule has 0 aromatic heterocycles. The van der Waals surface area contributed by atoms with Gasteiger partial charge in [-0.2, -0.15) is 0 Å². The van der Waals surface area contributed by atoms with Crippen molar-refractivity contribution in [3.8, 4) is 5.75 Å². The van der Waals surface area contributed by atoms with E-state index in [1.165, 1.54) is 23.1 Å². The number of amides is 2. The Kier molecular flexibility index (Phi) is 9.31. The molecule has 8 heteroatoms. The zero-order chi connectivity index (χ0) is 24.5. The molecule has 3 aromatic rings. The van der Waals surface area contributed by atoms with E-state index in [1.54, 1.807) is 24.3 Å². The molecule has 178 valence electrons. The number of hydrogen-bond donors (Lipinski definition) is 1. The summed E-state index contributed by atoms with van der Waals surface area (Å²) in [5.41, 5.74) is 1.58. The van der Waals surface area contributed by atoms with Crippen molar-refractivity contribution < 1.29 is 18.7 Å². The Morgan fingerprint density at radius 1 is 1.00 bits per heavy atom. The van der Waals surface area contributed by atoms with Gasteiger partial charge in [0, 0.05) is 24.5 Å². The van der Waals surface area contributed by atoms with E-state index in [-0.39, 0.29) is 29.9 Å². The van der Waals surface area contributed by atoms with Crippen LogP contribution >= 0.6 is 23.2 Å². The fraction of sp³-hybridized carbons (Fsp3) is 0.231. The Balaban J connectivity index is 1.89. The average Bonchev–Trinajstić information content (AvgIpc) is 2.82. The maximum absolute atomic E-state index is 13.4. The van der Waals surface area contributed by atoms with E-state index in [4.69, 9.17) is 27.9 Å². The summed E-state index contributed by atoms with van der Waals surface area (Å²) >= 11 is 12.1. The molecule has 0 fully saturated rings. The lowest BCUT2D eigenvalue weighted by Crippen LogP contribution is -2.51. The minimum absolute atomic E-state index is 0.103. The summed E-state index contributed by atoms with van der Waals surface area (Å²) in [6, 6.07) is 19.2. The molecule has 5 nitrogen and oxygen atoms in total. The van der Waals surface area contributed by atoms with Crippen molar-refractivity contribution in [3.63, 3.8) is 0 Å². The Hall–Kier alpha value is -3.09. The maximum atomic E-state index is 13.4. The van der Waals surface area contributed by atoms with Crippen LogP contribution < -0.4 is 10.1 Å². The van der Waals surface area contributed by atoms with E-state index in [9.17, 15) is 14.0 Å². The van der Waals surface area contributed by atoms with E-state index in [0.29, 0.717) is 29.3 Å². The van der Waals surface area contributed by atoms with E-state index in [0.717, 1.165) is 5.56 Å². The van der Waals surface area contributed by atoms with Crippen LogP contribution in [0.3, 0.4) is 0 Å². The Morgan fingerprint density at radius 2 is 1.71 bits per heavy atom. The van der Waals surface area contributed by atoms with Gasteiger partial charge in [-0.05, 0) is 48.4 Å². The molecule has 2 amide bonds. The van der Waals surface area contributed by atoms with Crippen molar-refractivity contribution >= 4 is 35.0 Å². The molecule has 3 aromatic carbocycles. The van der Waals surface area contributed by atoms with Gasteiger partial charge >= 0.3 is 0 Å². The molecule has 3 rings (SSSR count). The number of rotatable bonds is 10. The summed E-state index contributed by atoms with van der Waals surface area (Å²) < 4.78 is 19.1. The molecular formula is C26H25Cl2FN2O3. The van der Waals surface area contributed by atoms with Crippen LogP contribution in [0.25, 0.3) is 0 Å². The number of halogens is 3. The largest absolute Gasteiger partial charge is 0.482 e. The predicted molar refractivity (Wildman–Crippen MR) is 132 cm³/mol. The summed E-state index contributed by atoms with van der Waals surface area (Å²) in [6.07, 6.45) is 0.307. The second kappa shape index (κ2) is 12.4. The third kappa shape index (κ3) is 7.20. The highest BCUT2D eigenvalue weighted by Crippen LogP contribution is 2.27. The maximum Gasteiger partial charge on any atom is 0.261 e. The smallest absolute Gasteiger partial charge is 0.261 e. The van der Waals surface area contributed by atoms with Crippen molar-refractivity contribution in [1.82, 2.24) is 10.2 Å². The van der Waals surface area contributed by atoms with Crippen LogP contribution in [-0.4, -0.2) is 35.9 Å². The number of carbonyl (C=O) groups is 2. The van der Waals surface area contributed by atoms with E-state index < -0.39 is 11.9 Å². The van der Waals surface area contributed by atoms with Crippen LogP contribution in [0.5, 0.6) is 5.75 Å². The number of hydrogen-bond acceptors (Lipinski definition) is 3. The van der Waals surface area contributed by atoms with Crippen molar-refractivity contribution in [3.05, 3.63) is 99.8 Å². The second-order valence-corrected chi connectivity index (χ2v) is 8.46. The first-order valence-corrected chi connectivity index (χ1v) is 11.6. The molecule has 0 heterocycles. The van der Waals surface area contributed by atoms with Crippen LogP contribution in [0.4, 0.5) is 4.39 Å². The second-order valence-electron chi connectivity index (χ2n) is 7.61. The normalized spacial score (nSPS) is 11.5. The molecule has 1 atom stereocenters. The lowest BCUT2D eigenvalue weighted by Gasteiger charge is -2.31. The van der Waals surface area contributed by atoms with Crippen molar-refractivity contribution in [2.24, 2.45) is 0 Å². The molecule has 0 bridgehead atoms. The van der Waals surface area contributed by atoms with Crippen molar-refractivity contribution in [1.29, 1.82) is 0 Å². The number of nitrogens with one attached hydrogen (secondary N) is 1. The molecule has 0 unspecified atom stereocenters. The number of benzene rings is 3. The lowest BCUT2D eigenvalue weighted by molar-refractivity contribution is -0.142. The molecule has 0 aliphatic rings. The number of likely N-dealkylation sites (N-methyl/N-ethyl adjacent to an activating group) is 1. The highest BCUT2D eigenvalue weighted by Gasteiger charge is 2.30. The van der Waals surface area contributed by atoms with Gasteiger partial charge in [-0.15, -0.1) is 0 Å². The van der Waals surface area contributed by atoms with Crippen molar-refractivity contribution in [2.75, 3.05) is 13.2 Å². The summed E-state index contributed by atoms with van der Waals surface area (Å²) in [5, 5.41) is 3.53. The topological polar surface area (TPSA) is 58.6 Å². The molecule has 0 spiro atoms. The molecule has 0 aliphatic carbocycles. The van der Waals surface area contributed by atoms with Gasteiger partial charge in [0.05, 0.1) is 5.02 Å². The molecule has 1 N–H and O–H groups in total. The zero-order valence-electron chi connectivity index (χ0n) is 18.6. The molecular weight excluding hydrogens is 478 g/mol. The lowest BCUT2D eigenvalue weighted by atomic mass is 10.0. The first-order chi connectivity index (χ1) is 16.4. The first-order valence-electron chi connectivity index (χ1n) is 10.8. The summed E-state index contributed by atoms with van der Waals surface area (Å²) in [5.74, 6) is -0.778. The van der Waals surface area contributed by atoms with Gasteiger partial charge in [0.15, 0.2) is 6.61 Å². The van der Waals surface area contributed by atoms with Gasteiger partial charge in [-0.1, -0.05) is 65.7 Å². The van der Waals surface area contributed by atoms with Gasteiger partial charge in [0.2, 0.25) is 5.91 Å². The predicted octanol–water partition coefficient (Wildman–Crippen LogP) is 5.29. The summed E-state index contributed by atoms with van der Waals surface area (Å²) in [7, 11) is 0. The third-order valence-corrected chi connectivity index (χ3v) is 5.66. The molecule has 0 radical (unpaired) electrons. The van der Waals surface area contributed by atoms with Crippen molar-refractivity contribution in [2.45, 2.75) is 25.9 Å². The standard InChI is InChI=1S/C26H25Cl2FN2O3/c1-2-30-26(33)23(14-18-6-4-3-5-7-18)31(16-19-8-11-21(29)12-9-19)25(32)17-34-24-13-10-20(27)15-22(24)28/h3-13,15,23H,2,14,16-17H2,1H3,(H,30,33)/t23-/m1/s1. The Morgan fingerprint density at radius 3 is 2.35 bits per heavy atom. The van der Waals surface area contributed by atoms with E-state index in [2.05, 4.69) is 5.32 Å². The van der Waals surface area contributed by atoms with Gasteiger partial charge in [0.1, 0.15) is 17.6 Å². The minimum Gasteiger partial charge on any atom is -0.482 e. The highest BCUT2D eigenvalue weighted by molar-refractivity contribution is 6.35. The zero-order valence-corrected chi connectivity index (χ0v) is 20.2. The van der Waals surface area contributed by atoms with Crippen LogP contribution in [-0.2, 0) is 22.6 Å². The van der Waals surface area contributed by atoms with Crippen LogP contribution in [0.2, 0.25) is 10.0 Å². The van der Waals surface area contributed by atoms with Gasteiger partial charge < -0.3 is 15.0 Å². The number of carbonyl (C=O) groups excluding carboxylic acids is 2. The average molecular weight is 503 g/mol. The van der Waals surface area contributed by atoms with Crippen LogP contribution in [0.1, 0.15) is 18.1 Å². The van der Waals surface area contributed by atoms with Gasteiger partial charge in [-0.3, -0.25) is 9.59 Å². The minimum atomic E-state index is -0.802. The summed E-state index contributed by atoms with van der Waals surface area (Å²) in [6.45, 7) is 1.99. The Bertz CT molecular complexity index is 1110. The third-order valence-electron chi connectivity index (χ3n) is 5.13. The molecule has 0 aliphatic heterocycles. The number of nitrogens with zero attached hydrogens (tertiary/aromatic N) is 1.